The Kier molecular flexibility index (Phi) is 17.5. The molecular weight excluding hydrogens is 1650 g/mol. The number of benzene rings is 18. The molecule has 8 nitrogen and oxygen atoms in total. The lowest BCUT2D eigenvalue weighted by Crippen LogP contribution is -2.25. The maximum Gasteiger partial charge on any atom is 0.0620 e. The minimum absolute atomic E-state index is 0.0481. The van der Waals surface area contributed by atoms with Crippen molar-refractivity contribution in [3.05, 3.63) is 411 Å². The van der Waals surface area contributed by atoms with E-state index in [1.54, 1.807) is 0 Å². The fraction of sp³-hybridized carbons (Fsp3) is 0.156. The molecule has 2 atom stereocenters. The third-order valence-corrected chi connectivity index (χ3v) is 31.9. The molecule has 8 aromatic heterocycles. The van der Waals surface area contributed by atoms with E-state index in [4.69, 9.17) is 0 Å². The predicted molar refractivity (Wildman–Crippen MR) is 577 cm³/mol. The minimum atomic E-state index is -0.0536. The van der Waals surface area contributed by atoms with Crippen LogP contribution < -0.4 is 19.6 Å². The fourth-order valence-electron chi connectivity index (χ4n) is 25.5. The number of hydrogen-bond donors (Lipinski definition) is 0. The first kappa shape index (κ1) is 79.0. The van der Waals surface area contributed by atoms with Crippen molar-refractivity contribution in [2.45, 2.75) is 121 Å². The van der Waals surface area contributed by atoms with Gasteiger partial charge in [0.15, 0.2) is 0 Å². The molecule has 0 aliphatic heterocycles. The molecule has 18 aromatic carbocycles. The molecule has 136 heavy (non-hydrogen) atoms. The van der Waals surface area contributed by atoms with Crippen molar-refractivity contribution in [1.29, 1.82) is 0 Å². The van der Waals surface area contributed by atoms with Gasteiger partial charge in [-0.2, -0.15) is 0 Å². The number of anilines is 12. The van der Waals surface area contributed by atoms with E-state index in [1.165, 1.54) is 238 Å². The van der Waals surface area contributed by atoms with Crippen molar-refractivity contribution in [2.24, 2.45) is 5.92 Å². The van der Waals surface area contributed by atoms with Gasteiger partial charge in [-0.3, -0.25) is 0 Å². The summed E-state index contributed by atoms with van der Waals surface area (Å²) in [6.45, 7) is 11.8. The molecule has 2 aliphatic rings. The van der Waals surface area contributed by atoms with Crippen LogP contribution in [0.25, 0.3) is 152 Å². The van der Waals surface area contributed by atoms with Gasteiger partial charge in [0.2, 0.25) is 0 Å². The lowest BCUT2D eigenvalue weighted by molar-refractivity contribution is 0.258. The van der Waals surface area contributed by atoms with Crippen molar-refractivity contribution in [3.8, 4) is 0 Å². The predicted octanol–water partition coefficient (Wildman–Crippen LogP) is 36.2. The third-order valence-electron chi connectivity index (χ3n) is 31.9. The number of rotatable bonds is 17. The number of fused-ring (bicyclic) bond motifs is 24. The molecule has 2 unspecified atom stereocenters. The smallest absolute Gasteiger partial charge is 0.0620 e. The number of aromatic nitrogens is 4. The van der Waals surface area contributed by atoms with E-state index in [0.29, 0.717) is 17.8 Å². The summed E-state index contributed by atoms with van der Waals surface area (Å²) < 4.78 is 10.3. The van der Waals surface area contributed by atoms with E-state index >= 15 is 0 Å². The maximum absolute atomic E-state index is 2.59. The van der Waals surface area contributed by atoms with Crippen LogP contribution in [0.5, 0.6) is 0 Å². The summed E-state index contributed by atoms with van der Waals surface area (Å²) in [6, 6.07) is 148. The van der Waals surface area contributed by atoms with Gasteiger partial charge in [-0.25, -0.2) is 0 Å². The van der Waals surface area contributed by atoms with Gasteiger partial charge in [-0.15, -0.1) is 0 Å². The zero-order valence-electron chi connectivity index (χ0n) is 77.3. The van der Waals surface area contributed by atoms with E-state index in [9.17, 15) is 0 Å². The van der Waals surface area contributed by atoms with Crippen LogP contribution in [0.3, 0.4) is 0 Å². The van der Waals surface area contributed by atoms with Gasteiger partial charge in [-0.1, -0.05) is 285 Å². The van der Waals surface area contributed by atoms with E-state index in [1.807, 2.05) is 0 Å². The molecule has 28 rings (SSSR count). The standard InChI is InChI=1S/C128H102N8/c1-127(2,3)85-50-58-93(59-51-85)131(89-34-17-9-18-35-89)97-64-68-101-105-40-24-44-109-113-78-122-114(77-121(113)135(125(105)109)117(101)73-97)110-45-25-41-106-102-69-65-98(74-118(102)136(122)126(106)110)132(90-36-19-10-20-37-90)94-60-52-86(53-61-94)128(4,5)79-80-26-21-29-84(70-80)83-48-56-92(57-49-83)130(88-32-15-8-16-33-88)96-63-67-100-104-39-23-43-108-112-75-119-111(76-120(112)134(124(104)108)116(100)72-96)107-42-22-38-103-99-66-62-95(71-115(99)133(119)123(103)107)129(87-30-13-7-14-31-87)91-54-46-82(47-55-91)81-27-11-6-12-28-81/h7-10,13-20,22-25,30-69,71-78,80-81,84H,6,11-12,21,26-29,70,79H2,1-5H3. The lowest BCUT2D eigenvalue weighted by Gasteiger charge is -2.36. The van der Waals surface area contributed by atoms with E-state index < -0.39 is 0 Å². The molecule has 8 heterocycles. The summed E-state index contributed by atoms with van der Waals surface area (Å²) in [5, 5.41) is 20.3. The highest BCUT2D eigenvalue weighted by atomic mass is 15.2. The molecule has 2 saturated carbocycles. The quantitative estimate of drug-likeness (QED) is 0.0909. The molecule has 2 fully saturated rings. The monoisotopic (exact) mass is 1750 g/mol. The number of nitrogens with zero attached hydrogens (tertiary/aromatic N) is 8. The second-order valence-electron chi connectivity index (χ2n) is 41.1. The summed E-state index contributed by atoms with van der Waals surface area (Å²) in [7, 11) is 0. The van der Waals surface area contributed by atoms with Crippen molar-refractivity contribution in [3.63, 3.8) is 0 Å². The average molecular weight is 1750 g/mol. The van der Waals surface area contributed by atoms with E-state index in [0.717, 1.165) is 69.0 Å². The first-order valence-corrected chi connectivity index (χ1v) is 49.3. The molecular formula is C128H102N8. The summed E-state index contributed by atoms with van der Waals surface area (Å²) in [5.74, 6) is 1.72. The molecule has 0 radical (unpaired) electrons. The highest BCUT2D eigenvalue weighted by Crippen LogP contribution is 2.54. The Balaban J connectivity index is 0.471. The van der Waals surface area contributed by atoms with Gasteiger partial charge in [-0.05, 0) is 253 Å². The van der Waals surface area contributed by atoms with Crippen LogP contribution in [0.15, 0.2) is 388 Å². The Labute approximate surface area is 790 Å². The molecule has 8 heteroatoms. The maximum atomic E-state index is 2.59. The summed E-state index contributed by atoms with van der Waals surface area (Å²) in [6.07, 6.45) is 12.6. The molecule has 26 aromatic rings. The summed E-state index contributed by atoms with van der Waals surface area (Å²) in [4.78, 5) is 9.79. The molecule has 654 valence electrons. The normalized spacial score (nSPS) is 15.1. The Morgan fingerprint density at radius 2 is 0.471 bits per heavy atom. The number of para-hydroxylation sites is 8. The zero-order valence-corrected chi connectivity index (χ0v) is 77.3. The Morgan fingerprint density at radius 3 is 0.779 bits per heavy atom. The Morgan fingerprint density at radius 1 is 0.213 bits per heavy atom. The van der Waals surface area contributed by atoms with Gasteiger partial charge < -0.3 is 37.2 Å². The summed E-state index contributed by atoms with van der Waals surface area (Å²) >= 11 is 0. The topological polar surface area (TPSA) is 30.6 Å². The van der Waals surface area contributed by atoms with Gasteiger partial charge in [0.1, 0.15) is 0 Å². The summed E-state index contributed by atoms with van der Waals surface area (Å²) in [5.41, 5.74) is 34.1. The second-order valence-corrected chi connectivity index (χ2v) is 41.1. The van der Waals surface area contributed by atoms with Crippen LogP contribution in [0.1, 0.15) is 133 Å². The third kappa shape index (κ3) is 12.1. The highest BCUT2D eigenvalue weighted by Gasteiger charge is 2.34. The van der Waals surface area contributed by atoms with Crippen molar-refractivity contribution >= 4 is 221 Å². The van der Waals surface area contributed by atoms with Gasteiger partial charge in [0.25, 0.3) is 0 Å². The van der Waals surface area contributed by atoms with E-state index in [2.05, 4.69) is 460 Å². The molecule has 0 spiro atoms. The molecule has 0 N–H and O–H groups in total. The average Bonchev–Trinajstić information content (AvgIpc) is 1.52. The van der Waals surface area contributed by atoms with Crippen LogP contribution in [0.4, 0.5) is 68.2 Å². The zero-order chi connectivity index (χ0) is 90.1. The van der Waals surface area contributed by atoms with E-state index in [-0.39, 0.29) is 10.8 Å². The number of hydrogen-bond acceptors (Lipinski definition) is 4. The van der Waals surface area contributed by atoms with Crippen LogP contribution in [0.2, 0.25) is 0 Å². The van der Waals surface area contributed by atoms with Crippen LogP contribution in [0, 0.1) is 5.92 Å². The Hall–Kier alpha value is -15.6. The van der Waals surface area contributed by atoms with Gasteiger partial charge in [0, 0.05) is 154 Å². The van der Waals surface area contributed by atoms with Crippen LogP contribution in [-0.4, -0.2) is 17.6 Å². The van der Waals surface area contributed by atoms with Crippen LogP contribution >= 0.6 is 0 Å². The van der Waals surface area contributed by atoms with Crippen molar-refractivity contribution in [1.82, 2.24) is 17.6 Å². The van der Waals surface area contributed by atoms with Crippen molar-refractivity contribution < 1.29 is 0 Å². The highest BCUT2D eigenvalue weighted by molar-refractivity contribution is 6.32. The Bertz CT molecular complexity index is 9170. The minimum Gasteiger partial charge on any atom is -0.310 e. The largest absolute Gasteiger partial charge is 0.310 e. The fourth-order valence-corrected chi connectivity index (χ4v) is 25.5. The van der Waals surface area contributed by atoms with Gasteiger partial charge in [0.05, 0.1) is 66.2 Å². The first-order valence-electron chi connectivity index (χ1n) is 49.3. The SMILES string of the molecule is CC(C)(C)c1ccc(N(c2ccccc2)c2ccc3c4cccc5c6cc7c(cc6n(c3c2)c45)c2cccc3c4ccc(N(c5ccccc5)c5ccc(C(C)(C)CC6CCCC(c8ccc(N(c9ccccc9)c9ccc%10c%11cccc%12c%13cc%14c(cc%13n(c%10c9)c%11%12)c9cccc%10c%11ccc(N(c%12ccccc%12)c%12ccc(C%13CCCCC%13)cc%12)cc%11n%14c%109)cc8)C6)cc5)cc4n7c32)cc1. The molecule has 0 amide bonds. The van der Waals surface area contributed by atoms with Gasteiger partial charge >= 0.3 is 0 Å². The first-order chi connectivity index (χ1) is 66.8. The second kappa shape index (κ2) is 30.2. The lowest BCUT2D eigenvalue weighted by atomic mass is 9.69. The van der Waals surface area contributed by atoms with Crippen molar-refractivity contribution in [2.75, 3.05) is 19.6 Å². The van der Waals surface area contributed by atoms with Crippen LogP contribution in [-0.2, 0) is 10.8 Å². The molecule has 0 bridgehead atoms. The molecule has 0 saturated heterocycles. The molecule has 2 aliphatic carbocycles.